The number of carbonyl (C=O) groups is 1. The SMILES string of the molecule is CC1(C)C(=O)[C@H]2c3ccccc3[C@@H]1[n+]1ccccc12.[Cl-]. The number of hydrogen-bond donors (Lipinski definition) is 0. The van der Waals surface area contributed by atoms with E-state index in [1.807, 2.05) is 18.2 Å². The lowest BCUT2D eigenvalue weighted by molar-refractivity contribution is -0.737. The number of benzene rings is 1. The standard InChI is InChI=1S/C17H16NO.ClH/c1-17(2)15-12-8-4-3-7-11(12)14(16(17)19)13-9-5-6-10-18(13)15;/h3-10,14-15H,1-2H3;1H/q+1;/p-1/t14-,15-;/m0./s1. The molecule has 0 amide bonds. The van der Waals surface area contributed by atoms with E-state index in [0.29, 0.717) is 5.78 Å². The molecule has 0 N–H and O–H groups in total. The zero-order chi connectivity index (χ0) is 13.2. The minimum Gasteiger partial charge on any atom is -1.00 e. The van der Waals surface area contributed by atoms with Crippen molar-refractivity contribution in [1.82, 2.24) is 0 Å². The summed E-state index contributed by atoms with van der Waals surface area (Å²) < 4.78 is 2.29. The summed E-state index contributed by atoms with van der Waals surface area (Å²) in [4.78, 5) is 12.8. The van der Waals surface area contributed by atoms with Crippen LogP contribution >= 0.6 is 0 Å². The van der Waals surface area contributed by atoms with Gasteiger partial charge in [0.15, 0.2) is 23.7 Å². The molecular formula is C17H16ClNO. The van der Waals surface area contributed by atoms with Gasteiger partial charge in [0.2, 0.25) is 0 Å². The van der Waals surface area contributed by atoms with Crippen LogP contribution in [0.1, 0.15) is 42.6 Å². The first kappa shape index (κ1) is 13.3. The number of Topliss-reactive ketones (excluding diaryl/α,β-unsaturated/α-hetero) is 1. The fraction of sp³-hybridized carbons (Fsp3) is 0.294. The number of nitrogens with zero attached hydrogens (tertiary/aromatic N) is 1. The molecule has 0 saturated heterocycles. The van der Waals surface area contributed by atoms with Gasteiger partial charge in [-0.15, -0.1) is 0 Å². The van der Waals surface area contributed by atoms with Gasteiger partial charge in [-0.2, -0.15) is 4.57 Å². The number of fused-ring (bicyclic) bond motifs is 1. The molecular weight excluding hydrogens is 270 g/mol. The van der Waals surface area contributed by atoms with Crippen LogP contribution in [0, 0.1) is 5.41 Å². The molecule has 0 fully saturated rings. The molecule has 1 aromatic carbocycles. The number of halogens is 1. The van der Waals surface area contributed by atoms with E-state index in [1.165, 1.54) is 11.1 Å². The molecule has 0 radical (unpaired) electrons. The lowest BCUT2D eigenvalue weighted by Crippen LogP contribution is -3.00. The van der Waals surface area contributed by atoms with Crippen molar-refractivity contribution in [2.45, 2.75) is 25.8 Å². The van der Waals surface area contributed by atoms with Crippen LogP contribution in [0.3, 0.4) is 0 Å². The Balaban J connectivity index is 0.00000121. The third-order valence-corrected chi connectivity index (χ3v) is 4.68. The van der Waals surface area contributed by atoms with Crippen LogP contribution in [0.5, 0.6) is 0 Å². The van der Waals surface area contributed by atoms with Crippen LogP contribution in [-0.2, 0) is 4.79 Å². The van der Waals surface area contributed by atoms with Crippen molar-refractivity contribution in [2.24, 2.45) is 5.41 Å². The smallest absolute Gasteiger partial charge is 0.196 e. The van der Waals surface area contributed by atoms with E-state index in [-0.39, 0.29) is 29.8 Å². The molecule has 0 saturated carbocycles. The number of ketones is 1. The summed E-state index contributed by atoms with van der Waals surface area (Å²) in [7, 11) is 0. The Morgan fingerprint density at radius 3 is 2.40 bits per heavy atom. The van der Waals surface area contributed by atoms with Crippen molar-refractivity contribution in [3.05, 3.63) is 65.5 Å². The third-order valence-electron chi connectivity index (χ3n) is 4.68. The average Bonchev–Trinajstić information content (AvgIpc) is 2.42. The van der Waals surface area contributed by atoms with Crippen molar-refractivity contribution in [3.63, 3.8) is 0 Å². The fourth-order valence-corrected chi connectivity index (χ4v) is 3.80. The van der Waals surface area contributed by atoms with Gasteiger partial charge >= 0.3 is 0 Å². The molecule has 0 unspecified atom stereocenters. The highest BCUT2D eigenvalue weighted by Crippen LogP contribution is 2.51. The molecule has 2 aliphatic heterocycles. The Morgan fingerprint density at radius 2 is 1.65 bits per heavy atom. The first-order valence-electron chi connectivity index (χ1n) is 6.75. The van der Waals surface area contributed by atoms with E-state index in [4.69, 9.17) is 0 Å². The van der Waals surface area contributed by atoms with E-state index in [9.17, 15) is 4.79 Å². The summed E-state index contributed by atoms with van der Waals surface area (Å²) in [5, 5.41) is 0. The molecule has 2 bridgehead atoms. The van der Waals surface area contributed by atoms with E-state index in [1.54, 1.807) is 0 Å². The summed E-state index contributed by atoms with van der Waals surface area (Å²) in [6, 6.07) is 14.7. The maximum Gasteiger partial charge on any atom is 0.196 e. The molecule has 3 heterocycles. The van der Waals surface area contributed by atoms with Gasteiger partial charge in [-0.25, -0.2) is 0 Å². The Kier molecular flexibility index (Phi) is 2.77. The maximum atomic E-state index is 12.8. The summed E-state index contributed by atoms with van der Waals surface area (Å²) in [5.41, 5.74) is 3.30. The molecule has 2 aromatic rings. The van der Waals surface area contributed by atoms with Crippen LogP contribution in [0.2, 0.25) is 0 Å². The molecule has 0 spiro atoms. The maximum absolute atomic E-state index is 12.8. The number of rotatable bonds is 0. The van der Waals surface area contributed by atoms with Crippen molar-refractivity contribution >= 4 is 5.78 Å². The van der Waals surface area contributed by atoms with Gasteiger partial charge in [0.25, 0.3) is 0 Å². The second-order valence-electron chi connectivity index (χ2n) is 6.08. The van der Waals surface area contributed by atoms with Crippen LogP contribution < -0.4 is 17.0 Å². The van der Waals surface area contributed by atoms with Crippen LogP contribution in [0.25, 0.3) is 0 Å². The van der Waals surface area contributed by atoms with Crippen LogP contribution in [0.4, 0.5) is 0 Å². The fourth-order valence-electron chi connectivity index (χ4n) is 3.80. The van der Waals surface area contributed by atoms with Crippen LogP contribution in [-0.4, -0.2) is 5.78 Å². The van der Waals surface area contributed by atoms with E-state index in [0.717, 1.165) is 5.69 Å². The minimum atomic E-state index is -0.335. The Morgan fingerprint density at radius 1 is 1.00 bits per heavy atom. The zero-order valence-corrected chi connectivity index (χ0v) is 12.3. The normalized spacial score (nSPS) is 24.6. The predicted octanol–water partition coefficient (Wildman–Crippen LogP) is -0.378. The Bertz CT molecular complexity index is 660. The molecule has 2 atom stereocenters. The second-order valence-corrected chi connectivity index (χ2v) is 6.08. The predicted molar refractivity (Wildman–Crippen MR) is 71.8 cm³/mol. The second kappa shape index (κ2) is 4.16. The number of pyridine rings is 1. The van der Waals surface area contributed by atoms with Gasteiger partial charge < -0.3 is 12.4 Å². The lowest BCUT2D eigenvalue weighted by Gasteiger charge is -2.43. The highest BCUT2D eigenvalue weighted by molar-refractivity contribution is 5.96. The minimum absolute atomic E-state index is 0. The van der Waals surface area contributed by atoms with Gasteiger partial charge in [0.1, 0.15) is 5.92 Å². The number of aromatic nitrogens is 1. The topological polar surface area (TPSA) is 20.9 Å². The van der Waals surface area contributed by atoms with Gasteiger partial charge in [0, 0.05) is 17.7 Å². The molecule has 2 nitrogen and oxygen atoms in total. The molecule has 102 valence electrons. The molecule has 3 aliphatic rings. The Hall–Kier alpha value is -1.67. The molecule has 5 rings (SSSR count). The first-order chi connectivity index (χ1) is 9.12. The summed E-state index contributed by atoms with van der Waals surface area (Å²) in [5.74, 6) is 0.250. The van der Waals surface area contributed by atoms with E-state index in [2.05, 4.69) is 48.9 Å². The van der Waals surface area contributed by atoms with Gasteiger partial charge in [0.05, 0.1) is 5.41 Å². The molecule has 20 heavy (non-hydrogen) atoms. The third kappa shape index (κ3) is 1.40. The van der Waals surface area contributed by atoms with Gasteiger partial charge in [-0.3, -0.25) is 4.79 Å². The van der Waals surface area contributed by atoms with Crippen molar-refractivity contribution in [3.8, 4) is 0 Å². The number of carbonyl (C=O) groups excluding carboxylic acids is 1. The highest BCUT2D eigenvalue weighted by Gasteiger charge is 2.59. The van der Waals surface area contributed by atoms with Crippen molar-refractivity contribution in [2.75, 3.05) is 0 Å². The lowest BCUT2D eigenvalue weighted by atomic mass is 9.61. The molecule has 3 heteroatoms. The molecule has 1 aliphatic carbocycles. The van der Waals surface area contributed by atoms with Crippen LogP contribution in [0.15, 0.2) is 48.7 Å². The average molecular weight is 286 g/mol. The summed E-state index contributed by atoms with van der Waals surface area (Å²) in [6.07, 6.45) is 2.11. The van der Waals surface area contributed by atoms with E-state index < -0.39 is 0 Å². The van der Waals surface area contributed by atoms with Gasteiger partial charge in [-0.1, -0.05) is 30.3 Å². The van der Waals surface area contributed by atoms with E-state index >= 15 is 0 Å². The highest BCUT2D eigenvalue weighted by atomic mass is 35.5. The quantitative estimate of drug-likeness (QED) is 0.605. The zero-order valence-electron chi connectivity index (χ0n) is 11.5. The first-order valence-corrected chi connectivity index (χ1v) is 6.75. The summed E-state index contributed by atoms with van der Waals surface area (Å²) in [6.45, 7) is 4.15. The summed E-state index contributed by atoms with van der Waals surface area (Å²) >= 11 is 0. The van der Waals surface area contributed by atoms with Gasteiger partial charge in [-0.05, 0) is 19.4 Å². The van der Waals surface area contributed by atoms with Crippen molar-refractivity contribution < 1.29 is 21.8 Å². The number of hydrogen-bond acceptors (Lipinski definition) is 1. The Labute approximate surface area is 124 Å². The monoisotopic (exact) mass is 285 g/mol. The largest absolute Gasteiger partial charge is 1.00 e. The molecule has 1 aromatic heterocycles. The van der Waals surface area contributed by atoms with Crippen molar-refractivity contribution in [1.29, 1.82) is 0 Å².